The number of fused-ring (bicyclic) bond motifs is 1. The maximum atomic E-state index is 13.8. The van der Waals surface area contributed by atoms with Crippen LogP contribution in [0.1, 0.15) is 25.5 Å². The number of hydrogen-bond acceptors (Lipinski definition) is 8. The lowest BCUT2D eigenvalue weighted by Gasteiger charge is -2.39. The first kappa shape index (κ1) is 23.0. The van der Waals surface area contributed by atoms with Crippen LogP contribution in [0.3, 0.4) is 0 Å². The third kappa shape index (κ3) is 4.48. The summed E-state index contributed by atoms with van der Waals surface area (Å²) in [5, 5.41) is 19.6. The molecule has 0 saturated carbocycles. The molecule has 0 bridgehead atoms. The molecule has 0 unspecified atom stereocenters. The van der Waals surface area contributed by atoms with Gasteiger partial charge in [0.15, 0.2) is 17.4 Å². The molecule has 5 rings (SSSR count). The number of aromatic nitrogens is 6. The lowest BCUT2D eigenvalue weighted by atomic mass is 10.0. The lowest BCUT2D eigenvalue weighted by Crippen LogP contribution is -2.50. The van der Waals surface area contributed by atoms with Crippen LogP contribution in [-0.2, 0) is 0 Å². The zero-order valence-corrected chi connectivity index (χ0v) is 19.7. The fourth-order valence-corrected chi connectivity index (χ4v) is 4.23. The van der Waals surface area contributed by atoms with Crippen LogP contribution in [0.5, 0.6) is 11.6 Å². The maximum absolute atomic E-state index is 13.8. The first-order chi connectivity index (χ1) is 17.0. The highest BCUT2D eigenvalue weighted by atomic mass is 19.3. The molecule has 5 heterocycles. The van der Waals surface area contributed by atoms with E-state index in [2.05, 4.69) is 37.5 Å². The normalized spacial score (nSPS) is 16.0. The summed E-state index contributed by atoms with van der Waals surface area (Å²) in [5.74, 6) is 1.82. The second-order valence-electron chi connectivity index (χ2n) is 8.32. The third-order valence-corrected chi connectivity index (χ3v) is 6.18. The molecule has 1 atom stereocenters. The molecule has 10 nitrogen and oxygen atoms in total. The van der Waals surface area contributed by atoms with E-state index in [0.29, 0.717) is 51.7 Å². The molecule has 4 aromatic heterocycles. The highest BCUT2D eigenvalue weighted by Crippen LogP contribution is 2.34. The number of aryl methyl sites for hydroxylation is 1. The van der Waals surface area contributed by atoms with Crippen molar-refractivity contribution in [3.8, 4) is 22.9 Å². The molecule has 12 heteroatoms. The average molecular weight is 485 g/mol. The Labute approximate surface area is 200 Å². The molecular formula is C23H26F2N8O2. The zero-order chi connectivity index (χ0) is 24.5. The van der Waals surface area contributed by atoms with Gasteiger partial charge in [-0.2, -0.15) is 23.7 Å². The minimum absolute atomic E-state index is 0.234. The Morgan fingerprint density at radius 1 is 1.20 bits per heavy atom. The molecule has 35 heavy (non-hydrogen) atoms. The molecule has 1 saturated heterocycles. The predicted molar refractivity (Wildman–Crippen MR) is 125 cm³/mol. The van der Waals surface area contributed by atoms with Crippen molar-refractivity contribution >= 4 is 17.2 Å². The van der Waals surface area contributed by atoms with Gasteiger partial charge in [-0.15, -0.1) is 10.2 Å². The van der Waals surface area contributed by atoms with Crippen LogP contribution < -0.4 is 14.8 Å². The Balaban J connectivity index is 1.41. The number of halogens is 2. The Hall–Kier alpha value is -3.80. The average Bonchev–Trinajstić information content (AvgIpc) is 3.42. The van der Waals surface area contributed by atoms with E-state index in [1.54, 1.807) is 35.0 Å². The number of anilines is 2. The van der Waals surface area contributed by atoms with Crippen molar-refractivity contribution < 1.29 is 18.3 Å². The monoisotopic (exact) mass is 484 g/mol. The van der Waals surface area contributed by atoms with E-state index < -0.39 is 6.55 Å². The molecule has 184 valence electrons. The summed E-state index contributed by atoms with van der Waals surface area (Å²) in [5.41, 5.74) is 2.31. The number of pyridine rings is 1. The number of likely N-dealkylation sites (N-methyl/N-ethyl adjacent to an activating group) is 1. The summed E-state index contributed by atoms with van der Waals surface area (Å²) in [6.45, 7) is 3.57. The Morgan fingerprint density at radius 2 is 2.06 bits per heavy atom. The van der Waals surface area contributed by atoms with Crippen LogP contribution in [0.2, 0.25) is 0 Å². The molecule has 0 spiro atoms. The molecular weight excluding hydrogens is 458 g/mol. The summed E-state index contributed by atoms with van der Waals surface area (Å²) < 4.78 is 40.9. The Morgan fingerprint density at radius 3 is 2.74 bits per heavy atom. The van der Waals surface area contributed by atoms with Gasteiger partial charge in [-0.3, -0.25) is 4.90 Å². The second kappa shape index (κ2) is 9.45. The Kier molecular flexibility index (Phi) is 6.20. The summed E-state index contributed by atoms with van der Waals surface area (Å²) in [6, 6.07) is 7.37. The number of nitrogens with one attached hydrogen (secondary N) is 1. The van der Waals surface area contributed by atoms with Crippen LogP contribution >= 0.6 is 0 Å². The first-order valence-corrected chi connectivity index (χ1v) is 11.3. The quantitative estimate of drug-likeness (QED) is 0.382. The standard InChI is InChI=1S/C23H26F2N8O2/c1-4-31-7-6-16(31)13-35-18-12-26-33(23(24)25)21(18)15-5-8-32-17(10-15)11-20(30-32)27-19-9-14(2)22(34-3)29-28-19/h5,8-12,16,23H,4,6-7,13H2,1-3H3,(H,27,28,30)/t16-/m1/s1. The number of rotatable bonds is 9. The van der Waals surface area contributed by atoms with Gasteiger partial charge in [-0.25, -0.2) is 4.52 Å². The van der Waals surface area contributed by atoms with Gasteiger partial charge in [0.1, 0.15) is 12.3 Å². The number of hydrogen-bond donors (Lipinski definition) is 1. The lowest BCUT2D eigenvalue weighted by molar-refractivity contribution is 0.0535. The number of alkyl halides is 2. The molecule has 0 amide bonds. The molecule has 1 aliphatic rings. The number of likely N-dealkylation sites (tertiary alicyclic amines) is 1. The van der Waals surface area contributed by atoms with Crippen LogP contribution in [-0.4, -0.2) is 67.3 Å². The van der Waals surface area contributed by atoms with Crippen LogP contribution in [0, 0.1) is 6.92 Å². The van der Waals surface area contributed by atoms with Crippen molar-refractivity contribution in [2.45, 2.75) is 32.9 Å². The van der Waals surface area contributed by atoms with E-state index in [4.69, 9.17) is 9.47 Å². The first-order valence-electron chi connectivity index (χ1n) is 11.3. The molecule has 1 N–H and O–H groups in total. The molecule has 0 radical (unpaired) electrons. The summed E-state index contributed by atoms with van der Waals surface area (Å²) in [4.78, 5) is 2.29. The van der Waals surface area contributed by atoms with Crippen molar-refractivity contribution in [1.29, 1.82) is 0 Å². The minimum atomic E-state index is -2.80. The van der Waals surface area contributed by atoms with Gasteiger partial charge in [0.2, 0.25) is 5.88 Å². The van der Waals surface area contributed by atoms with Crippen molar-refractivity contribution in [3.63, 3.8) is 0 Å². The number of ether oxygens (including phenoxy) is 2. The zero-order valence-electron chi connectivity index (χ0n) is 19.7. The van der Waals surface area contributed by atoms with Gasteiger partial charge in [-0.05, 0) is 38.1 Å². The molecule has 4 aromatic rings. The van der Waals surface area contributed by atoms with Crippen LogP contribution in [0.15, 0.2) is 36.7 Å². The number of methoxy groups -OCH3 is 1. The minimum Gasteiger partial charge on any atom is -0.488 e. The van der Waals surface area contributed by atoms with Gasteiger partial charge in [0, 0.05) is 36.0 Å². The van der Waals surface area contributed by atoms with Gasteiger partial charge < -0.3 is 14.8 Å². The van der Waals surface area contributed by atoms with Crippen molar-refractivity contribution in [2.24, 2.45) is 0 Å². The third-order valence-electron chi connectivity index (χ3n) is 6.18. The van der Waals surface area contributed by atoms with E-state index in [1.165, 1.54) is 13.3 Å². The summed E-state index contributed by atoms with van der Waals surface area (Å²) in [6.07, 6.45) is 4.09. The van der Waals surface area contributed by atoms with Gasteiger partial charge in [0.25, 0.3) is 0 Å². The van der Waals surface area contributed by atoms with E-state index in [9.17, 15) is 8.78 Å². The fourth-order valence-electron chi connectivity index (χ4n) is 4.23. The predicted octanol–water partition coefficient (Wildman–Crippen LogP) is 3.92. The van der Waals surface area contributed by atoms with E-state index in [-0.39, 0.29) is 5.69 Å². The van der Waals surface area contributed by atoms with Crippen molar-refractivity contribution in [3.05, 3.63) is 42.2 Å². The van der Waals surface area contributed by atoms with E-state index in [1.807, 2.05) is 6.92 Å². The summed E-state index contributed by atoms with van der Waals surface area (Å²) >= 11 is 0. The SMILES string of the molecule is CCN1CC[C@@H]1COc1cnn(C(F)F)c1-c1ccn2nc(Nc3cc(C)c(OC)nn3)cc2c1. The largest absolute Gasteiger partial charge is 0.488 e. The fraction of sp³-hybridized carbons (Fsp3) is 0.391. The number of nitrogens with zero attached hydrogens (tertiary/aromatic N) is 7. The molecule has 1 fully saturated rings. The summed E-state index contributed by atoms with van der Waals surface area (Å²) in [7, 11) is 1.54. The Bertz CT molecular complexity index is 1340. The highest BCUT2D eigenvalue weighted by molar-refractivity contribution is 5.73. The van der Waals surface area contributed by atoms with Crippen molar-refractivity contribution in [2.75, 3.05) is 32.1 Å². The highest BCUT2D eigenvalue weighted by Gasteiger charge is 2.28. The van der Waals surface area contributed by atoms with Crippen LogP contribution in [0.25, 0.3) is 16.8 Å². The maximum Gasteiger partial charge on any atom is 0.333 e. The van der Waals surface area contributed by atoms with Gasteiger partial charge >= 0.3 is 6.55 Å². The van der Waals surface area contributed by atoms with Gasteiger partial charge in [-0.1, -0.05) is 6.92 Å². The molecule has 0 aliphatic carbocycles. The molecule has 1 aliphatic heterocycles. The van der Waals surface area contributed by atoms with Gasteiger partial charge in [0.05, 0.1) is 18.8 Å². The topological polar surface area (TPSA) is 94.6 Å². The van der Waals surface area contributed by atoms with E-state index >= 15 is 0 Å². The second-order valence-corrected chi connectivity index (χ2v) is 8.32. The smallest absolute Gasteiger partial charge is 0.333 e. The van der Waals surface area contributed by atoms with Crippen LogP contribution in [0.4, 0.5) is 20.4 Å². The molecule has 0 aromatic carbocycles. The van der Waals surface area contributed by atoms with Crippen molar-refractivity contribution in [1.82, 2.24) is 34.5 Å². The van der Waals surface area contributed by atoms with E-state index in [0.717, 1.165) is 25.1 Å².